The summed E-state index contributed by atoms with van der Waals surface area (Å²) in [6.07, 6.45) is -0.821. The third kappa shape index (κ3) is 5.09. The fourth-order valence-electron chi connectivity index (χ4n) is 2.14. The maximum atomic E-state index is 12.2. The van der Waals surface area contributed by atoms with Crippen LogP contribution in [0.4, 0.5) is 13.2 Å². The predicted molar refractivity (Wildman–Crippen MR) is 71.7 cm³/mol. The van der Waals surface area contributed by atoms with Gasteiger partial charge < -0.3 is 4.74 Å². The molecular formula is C12H16F3N3O3S. The minimum absolute atomic E-state index is 0.0246. The lowest BCUT2D eigenvalue weighted by Crippen LogP contribution is -2.45. The van der Waals surface area contributed by atoms with Gasteiger partial charge in [-0.05, 0) is 12.8 Å². The predicted octanol–water partition coefficient (Wildman–Crippen LogP) is 1.60. The molecule has 0 bridgehead atoms. The van der Waals surface area contributed by atoms with Crippen LogP contribution in [0.15, 0.2) is 18.6 Å². The molecule has 1 saturated heterocycles. The van der Waals surface area contributed by atoms with Crippen molar-refractivity contribution in [2.75, 3.05) is 18.8 Å². The van der Waals surface area contributed by atoms with E-state index < -0.39 is 34.5 Å². The number of aromatic nitrogens is 2. The Labute approximate surface area is 126 Å². The molecule has 1 unspecified atom stereocenters. The Morgan fingerprint density at radius 2 is 2.14 bits per heavy atom. The maximum Gasteiger partial charge on any atom is 0.390 e. The standard InChI is InChI=1S/C12H16F3N3O3S/c13-12(14,15)3-7-22(19,20)18-6-1-2-10(9-18)21-11-8-16-4-5-17-11/h4-5,8,10H,1-3,6-7,9H2. The van der Waals surface area contributed by atoms with Gasteiger partial charge in [-0.15, -0.1) is 0 Å². The molecule has 2 heterocycles. The minimum atomic E-state index is -4.49. The van der Waals surface area contributed by atoms with Crippen molar-refractivity contribution in [1.82, 2.24) is 14.3 Å². The lowest BCUT2D eigenvalue weighted by atomic mass is 10.1. The van der Waals surface area contributed by atoms with Gasteiger partial charge in [-0.2, -0.15) is 17.5 Å². The molecule has 2 rings (SSSR count). The molecule has 0 N–H and O–H groups in total. The molecule has 0 saturated carbocycles. The zero-order chi connectivity index (χ0) is 16.2. The average molecular weight is 339 g/mol. The van der Waals surface area contributed by atoms with E-state index in [-0.39, 0.29) is 19.0 Å². The first-order valence-corrected chi connectivity index (χ1v) is 8.34. The van der Waals surface area contributed by atoms with E-state index in [1.54, 1.807) is 0 Å². The average Bonchev–Trinajstić information content (AvgIpc) is 2.46. The number of nitrogens with zero attached hydrogens (tertiary/aromatic N) is 3. The molecule has 10 heteroatoms. The summed E-state index contributed by atoms with van der Waals surface area (Å²) in [4.78, 5) is 7.76. The molecule has 1 fully saturated rings. The number of hydrogen-bond donors (Lipinski definition) is 0. The van der Waals surface area contributed by atoms with E-state index in [0.29, 0.717) is 12.8 Å². The van der Waals surface area contributed by atoms with Crippen LogP contribution in [0.5, 0.6) is 5.88 Å². The van der Waals surface area contributed by atoms with Gasteiger partial charge in [0.2, 0.25) is 15.9 Å². The maximum absolute atomic E-state index is 12.2. The zero-order valence-corrected chi connectivity index (χ0v) is 12.5. The van der Waals surface area contributed by atoms with Gasteiger partial charge in [0.1, 0.15) is 6.10 Å². The van der Waals surface area contributed by atoms with Crippen LogP contribution in [-0.4, -0.2) is 53.8 Å². The first-order chi connectivity index (χ1) is 10.3. The molecule has 1 aliphatic rings. The second kappa shape index (κ2) is 6.78. The van der Waals surface area contributed by atoms with Crippen LogP contribution in [0.25, 0.3) is 0 Å². The Morgan fingerprint density at radius 1 is 1.36 bits per heavy atom. The van der Waals surface area contributed by atoms with Crippen LogP contribution in [0.3, 0.4) is 0 Å². The monoisotopic (exact) mass is 339 g/mol. The van der Waals surface area contributed by atoms with Crippen LogP contribution in [0, 0.1) is 0 Å². The first kappa shape index (κ1) is 16.9. The van der Waals surface area contributed by atoms with Crippen molar-refractivity contribution in [2.45, 2.75) is 31.5 Å². The largest absolute Gasteiger partial charge is 0.472 e. The van der Waals surface area contributed by atoms with E-state index in [1.165, 1.54) is 18.6 Å². The summed E-state index contributed by atoms with van der Waals surface area (Å²) in [6, 6.07) is 0. The number of halogens is 3. The minimum Gasteiger partial charge on any atom is -0.472 e. The van der Waals surface area contributed by atoms with Crippen molar-refractivity contribution in [3.8, 4) is 5.88 Å². The summed E-state index contributed by atoms with van der Waals surface area (Å²) in [6.45, 7) is 0.233. The smallest absolute Gasteiger partial charge is 0.390 e. The molecule has 0 amide bonds. The number of ether oxygens (including phenoxy) is 1. The summed E-state index contributed by atoms with van der Waals surface area (Å²) in [5.74, 6) is -0.670. The van der Waals surface area contributed by atoms with Gasteiger partial charge in [0, 0.05) is 18.9 Å². The van der Waals surface area contributed by atoms with Gasteiger partial charge in [0.15, 0.2) is 0 Å². The van der Waals surface area contributed by atoms with Crippen LogP contribution in [-0.2, 0) is 10.0 Å². The second-order valence-corrected chi connectivity index (χ2v) is 7.05. The lowest BCUT2D eigenvalue weighted by Gasteiger charge is -2.31. The molecule has 1 aromatic rings. The van der Waals surface area contributed by atoms with E-state index in [0.717, 1.165) is 4.31 Å². The molecule has 6 nitrogen and oxygen atoms in total. The van der Waals surface area contributed by atoms with Crippen LogP contribution in [0.2, 0.25) is 0 Å². The van der Waals surface area contributed by atoms with E-state index in [9.17, 15) is 21.6 Å². The Hall–Kier alpha value is -1.42. The van der Waals surface area contributed by atoms with Crippen molar-refractivity contribution in [3.63, 3.8) is 0 Å². The fourth-order valence-corrected chi connectivity index (χ4v) is 3.69. The SMILES string of the molecule is O=S(=O)(CCC(F)(F)F)N1CCCC(Oc2cnccn2)C1. The van der Waals surface area contributed by atoms with Crippen molar-refractivity contribution in [3.05, 3.63) is 18.6 Å². The Morgan fingerprint density at radius 3 is 2.77 bits per heavy atom. The van der Waals surface area contributed by atoms with Crippen molar-refractivity contribution < 1.29 is 26.3 Å². The van der Waals surface area contributed by atoms with Crippen molar-refractivity contribution in [2.24, 2.45) is 0 Å². The molecule has 0 aromatic carbocycles. The van der Waals surface area contributed by atoms with E-state index in [1.807, 2.05) is 0 Å². The summed E-state index contributed by atoms with van der Waals surface area (Å²) in [7, 11) is -3.94. The third-order valence-corrected chi connectivity index (χ3v) is 5.04. The lowest BCUT2D eigenvalue weighted by molar-refractivity contribution is -0.130. The molecule has 1 aliphatic heterocycles. The van der Waals surface area contributed by atoms with Crippen molar-refractivity contribution >= 4 is 10.0 Å². The molecule has 0 spiro atoms. The quantitative estimate of drug-likeness (QED) is 0.815. The molecule has 22 heavy (non-hydrogen) atoms. The highest BCUT2D eigenvalue weighted by atomic mass is 32.2. The van der Waals surface area contributed by atoms with E-state index >= 15 is 0 Å². The topological polar surface area (TPSA) is 72.4 Å². The zero-order valence-electron chi connectivity index (χ0n) is 11.7. The number of rotatable bonds is 5. The van der Waals surface area contributed by atoms with Gasteiger partial charge in [-0.25, -0.2) is 13.4 Å². The van der Waals surface area contributed by atoms with Crippen molar-refractivity contribution in [1.29, 1.82) is 0 Å². The third-order valence-electron chi connectivity index (χ3n) is 3.20. The second-order valence-electron chi connectivity index (χ2n) is 4.96. The Balaban J connectivity index is 1.95. The Kier molecular flexibility index (Phi) is 5.22. The molecule has 1 aromatic heterocycles. The summed E-state index contributed by atoms with van der Waals surface area (Å²) < 4.78 is 67.1. The van der Waals surface area contributed by atoms with Gasteiger partial charge in [-0.1, -0.05) is 0 Å². The first-order valence-electron chi connectivity index (χ1n) is 6.73. The highest BCUT2D eigenvalue weighted by Gasteiger charge is 2.35. The highest BCUT2D eigenvalue weighted by Crippen LogP contribution is 2.23. The molecule has 0 aliphatic carbocycles. The van der Waals surface area contributed by atoms with Gasteiger partial charge in [0.05, 0.1) is 24.9 Å². The number of hydrogen-bond acceptors (Lipinski definition) is 5. The van der Waals surface area contributed by atoms with Crippen LogP contribution in [0.1, 0.15) is 19.3 Å². The summed E-state index contributed by atoms with van der Waals surface area (Å²) in [5.41, 5.74) is 0. The Bertz CT molecular complexity index is 580. The van der Waals surface area contributed by atoms with E-state index in [4.69, 9.17) is 4.74 Å². The summed E-state index contributed by atoms with van der Waals surface area (Å²) in [5, 5.41) is 0. The highest BCUT2D eigenvalue weighted by molar-refractivity contribution is 7.89. The van der Waals surface area contributed by atoms with Gasteiger partial charge >= 0.3 is 6.18 Å². The number of sulfonamides is 1. The molecule has 0 radical (unpaired) electrons. The fraction of sp³-hybridized carbons (Fsp3) is 0.667. The van der Waals surface area contributed by atoms with Gasteiger partial charge in [0.25, 0.3) is 0 Å². The molecule has 1 atom stereocenters. The number of alkyl halides is 3. The van der Waals surface area contributed by atoms with Gasteiger partial charge in [-0.3, -0.25) is 4.98 Å². The number of piperidine rings is 1. The normalized spacial score (nSPS) is 20.8. The van der Waals surface area contributed by atoms with Crippen LogP contribution >= 0.6 is 0 Å². The van der Waals surface area contributed by atoms with E-state index in [2.05, 4.69) is 9.97 Å². The molecule has 124 valence electrons. The molecular weight excluding hydrogens is 323 g/mol. The van der Waals surface area contributed by atoms with Crippen LogP contribution < -0.4 is 4.74 Å². The summed E-state index contributed by atoms with van der Waals surface area (Å²) >= 11 is 0.